The summed E-state index contributed by atoms with van der Waals surface area (Å²) in [5.74, 6) is 0.425. The first-order chi connectivity index (χ1) is 11.6. The summed E-state index contributed by atoms with van der Waals surface area (Å²) in [7, 11) is 1.68. The Kier molecular flexibility index (Phi) is 4.69. The van der Waals surface area contributed by atoms with Gasteiger partial charge in [-0.25, -0.2) is 4.79 Å². The molecule has 2 atom stereocenters. The zero-order valence-electron chi connectivity index (χ0n) is 14.0. The summed E-state index contributed by atoms with van der Waals surface area (Å²) < 4.78 is 0. The molecule has 0 spiro atoms. The first-order valence-electron chi connectivity index (χ1n) is 8.31. The smallest absolute Gasteiger partial charge is 0.325 e. The van der Waals surface area contributed by atoms with Gasteiger partial charge in [0.15, 0.2) is 12.0 Å². The molecule has 0 saturated carbocycles. The molecule has 2 fully saturated rings. The van der Waals surface area contributed by atoms with Gasteiger partial charge in [0.2, 0.25) is 0 Å². The fourth-order valence-corrected chi connectivity index (χ4v) is 3.21. The molecule has 1 aromatic rings. The van der Waals surface area contributed by atoms with Gasteiger partial charge >= 0.3 is 6.03 Å². The third-order valence-electron chi connectivity index (χ3n) is 4.44. The number of hydrogen-bond acceptors (Lipinski definition) is 3. The first-order valence-corrected chi connectivity index (χ1v) is 8.31. The number of imide groups is 1. The molecule has 0 aliphatic carbocycles. The van der Waals surface area contributed by atoms with E-state index in [1.165, 1.54) is 10.5 Å². The van der Waals surface area contributed by atoms with Crippen molar-refractivity contribution in [2.24, 2.45) is 4.99 Å². The monoisotopic (exact) mass is 329 g/mol. The van der Waals surface area contributed by atoms with Gasteiger partial charge in [-0.15, -0.1) is 0 Å². The van der Waals surface area contributed by atoms with E-state index in [9.17, 15) is 9.59 Å². The number of likely N-dealkylation sites (N-methyl/N-ethyl adjacent to an activating group) is 1. The lowest BCUT2D eigenvalue weighted by atomic mass is 10.1. The molecule has 1 aromatic carbocycles. The van der Waals surface area contributed by atoms with E-state index < -0.39 is 6.04 Å². The normalized spacial score (nSPS) is 24.8. The van der Waals surface area contributed by atoms with Gasteiger partial charge in [-0.3, -0.25) is 15.1 Å². The molecule has 2 aliphatic heterocycles. The minimum absolute atomic E-state index is 0.267. The number of guanidine groups is 1. The van der Waals surface area contributed by atoms with Crippen molar-refractivity contribution in [3.05, 3.63) is 35.9 Å². The summed E-state index contributed by atoms with van der Waals surface area (Å²) in [4.78, 5) is 32.1. The van der Waals surface area contributed by atoms with Gasteiger partial charge in [0.05, 0.1) is 0 Å². The molecule has 2 N–H and O–H groups in total. The number of aryl methyl sites for hydroxylation is 1. The van der Waals surface area contributed by atoms with Gasteiger partial charge in [0.25, 0.3) is 5.91 Å². The number of amides is 3. The van der Waals surface area contributed by atoms with Crippen molar-refractivity contribution >= 4 is 17.9 Å². The first kappa shape index (κ1) is 16.3. The number of carbonyl (C=O) groups is 2. The number of aliphatic imine (C=N–C) groups is 1. The van der Waals surface area contributed by atoms with Gasteiger partial charge in [0, 0.05) is 20.1 Å². The molecule has 2 saturated heterocycles. The molecule has 128 valence electrons. The number of benzene rings is 1. The molecule has 0 aromatic heterocycles. The molecular formula is C17H23N5O2. The van der Waals surface area contributed by atoms with Crippen LogP contribution in [0.3, 0.4) is 0 Å². The Morgan fingerprint density at radius 1 is 1.21 bits per heavy atom. The van der Waals surface area contributed by atoms with Gasteiger partial charge in [-0.1, -0.05) is 30.3 Å². The Bertz CT molecular complexity index is 646. The second-order valence-corrected chi connectivity index (χ2v) is 6.02. The lowest BCUT2D eigenvalue weighted by Gasteiger charge is -2.35. The fraction of sp³-hybridized carbons (Fsp3) is 0.471. The van der Waals surface area contributed by atoms with Crippen LogP contribution in [0.4, 0.5) is 4.79 Å². The third kappa shape index (κ3) is 3.06. The van der Waals surface area contributed by atoms with E-state index >= 15 is 0 Å². The number of fused-ring (bicyclic) bond motifs is 1. The highest BCUT2D eigenvalue weighted by Gasteiger charge is 2.49. The maximum Gasteiger partial charge on any atom is 0.325 e. The predicted octanol–water partition coefficient (Wildman–Crippen LogP) is 0.777. The van der Waals surface area contributed by atoms with Crippen molar-refractivity contribution in [3.8, 4) is 0 Å². The minimum atomic E-state index is -0.436. The van der Waals surface area contributed by atoms with Crippen molar-refractivity contribution in [3.63, 3.8) is 0 Å². The molecule has 0 radical (unpaired) electrons. The number of hydrogen-bond donors (Lipinski definition) is 2. The fourth-order valence-electron chi connectivity index (χ4n) is 3.21. The van der Waals surface area contributed by atoms with Crippen LogP contribution in [0.2, 0.25) is 0 Å². The SMILES string of the molecule is CCN=C1NC2C(C(=O)NC(=O)N2C)N1CCCc1ccccc1. The Hall–Kier alpha value is -2.57. The Morgan fingerprint density at radius 2 is 1.96 bits per heavy atom. The lowest BCUT2D eigenvalue weighted by Crippen LogP contribution is -2.64. The molecule has 3 rings (SSSR count). The lowest BCUT2D eigenvalue weighted by molar-refractivity contribution is -0.127. The van der Waals surface area contributed by atoms with Crippen molar-refractivity contribution in [1.82, 2.24) is 20.4 Å². The van der Waals surface area contributed by atoms with Crippen LogP contribution >= 0.6 is 0 Å². The average molecular weight is 329 g/mol. The van der Waals surface area contributed by atoms with Gasteiger partial charge in [0.1, 0.15) is 6.17 Å². The van der Waals surface area contributed by atoms with Crippen LogP contribution in [-0.4, -0.2) is 60.0 Å². The summed E-state index contributed by atoms with van der Waals surface area (Å²) in [5.41, 5.74) is 1.27. The maximum absolute atomic E-state index is 12.3. The number of nitrogens with zero attached hydrogens (tertiary/aromatic N) is 3. The van der Waals surface area contributed by atoms with E-state index in [0.29, 0.717) is 19.0 Å². The average Bonchev–Trinajstić information content (AvgIpc) is 2.93. The summed E-state index contributed by atoms with van der Waals surface area (Å²) >= 11 is 0. The highest BCUT2D eigenvalue weighted by molar-refractivity contribution is 6.04. The summed E-state index contributed by atoms with van der Waals surface area (Å²) in [6, 6.07) is 9.45. The minimum Gasteiger partial charge on any atom is -0.334 e. The van der Waals surface area contributed by atoms with E-state index in [1.54, 1.807) is 7.05 Å². The predicted molar refractivity (Wildman–Crippen MR) is 91.5 cm³/mol. The highest BCUT2D eigenvalue weighted by atomic mass is 16.2. The van der Waals surface area contributed by atoms with E-state index in [4.69, 9.17) is 0 Å². The van der Waals surface area contributed by atoms with Crippen molar-refractivity contribution < 1.29 is 9.59 Å². The van der Waals surface area contributed by atoms with Crippen LogP contribution in [-0.2, 0) is 11.2 Å². The van der Waals surface area contributed by atoms with Gasteiger partial charge in [-0.05, 0) is 25.3 Å². The zero-order valence-corrected chi connectivity index (χ0v) is 14.0. The summed E-state index contributed by atoms with van der Waals surface area (Å²) in [5, 5.41) is 5.64. The number of nitrogens with one attached hydrogen (secondary N) is 2. The standard InChI is InChI=1S/C17H23N5O2/c1-3-18-16-19-14-13(15(23)20-17(24)21(14)2)22(16)11-7-10-12-8-5-4-6-9-12/h4-6,8-9,13-14H,3,7,10-11H2,1-2H3,(H,18,19)(H,20,23,24). The number of urea groups is 1. The Morgan fingerprint density at radius 3 is 2.67 bits per heavy atom. The second kappa shape index (κ2) is 6.90. The third-order valence-corrected chi connectivity index (χ3v) is 4.44. The second-order valence-electron chi connectivity index (χ2n) is 6.02. The summed E-state index contributed by atoms with van der Waals surface area (Å²) in [6.45, 7) is 3.28. The van der Waals surface area contributed by atoms with Crippen molar-refractivity contribution in [1.29, 1.82) is 0 Å². The summed E-state index contributed by atoms with van der Waals surface area (Å²) in [6.07, 6.45) is 1.47. The van der Waals surface area contributed by atoms with Crippen LogP contribution in [0.25, 0.3) is 0 Å². The van der Waals surface area contributed by atoms with E-state index in [0.717, 1.165) is 12.8 Å². The van der Waals surface area contributed by atoms with E-state index in [-0.39, 0.29) is 18.1 Å². The van der Waals surface area contributed by atoms with E-state index in [1.807, 2.05) is 30.0 Å². The van der Waals surface area contributed by atoms with Crippen LogP contribution in [0.1, 0.15) is 18.9 Å². The van der Waals surface area contributed by atoms with Crippen molar-refractivity contribution in [2.45, 2.75) is 32.0 Å². The zero-order chi connectivity index (χ0) is 17.1. The molecule has 7 nitrogen and oxygen atoms in total. The largest absolute Gasteiger partial charge is 0.334 e. The molecule has 24 heavy (non-hydrogen) atoms. The van der Waals surface area contributed by atoms with Crippen molar-refractivity contribution in [2.75, 3.05) is 20.1 Å². The van der Waals surface area contributed by atoms with Crippen LogP contribution < -0.4 is 10.6 Å². The molecule has 2 aliphatic rings. The molecular weight excluding hydrogens is 306 g/mol. The Labute approximate surface area is 141 Å². The quantitative estimate of drug-likeness (QED) is 0.837. The topological polar surface area (TPSA) is 77.0 Å². The maximum atomic E-state index is 12.3. The molecule has 2 unspecified atom stereocenters. The molecule has 0 bridgehead atoms. The van der Waals surface area contributed by atoms with E-state index in [2.05, 4.69) is 27.8 Å². The molecule has 2 heterocycles. The Balaban J connectivity index is 1.72. The van der Waals surface area contributed by atoms with Crippen LogP contribution in [0.15, 0.2) is 35.3 Å². The van der Waals surface area contributed by atoms with Gasteiger partial charge < -0.3 is 15.1 Å². The highest BCUT2D eigenvalue weighted by Crippen LogP contribution is 2.21. The van der Waals surface area contributed by atoms with Crippen LogP contribution in [0, 0.1) is 0 Å². The van der Waals surface area contributed by atoms with Crippen LogP contribution in [0.5, 0.6) is 0 Å². The number of carbonyl (C=O) groups excluding carboxylic acids is 2. The molecule has 7 heteroatoms. The van der Waals surface area contributed by atoms with Gasteiger partial charge in [-0.2, -0.15) is 0 Å². The number of rotatable bonds is 5. The molecule has 3 amide bonds.